The van der Waals surface area contributed by atoms with Crippen molar-refractivity contribution in [3.8, 4) is 0 Å². The molecule has 0 radical (unpaired) electrons. The standard InChI is InChI=1S/C22H22N2O4/c25-20(23-12-11-18(14-23)24-21(26)15-28-22(24)27)13-19(16-7-3-1-4-8-16)17-9-5-2-6-10-17/h1-10,18-19H,11-15H2/t18-/m1/s1. The van der Waals surface area contributed by atoms with Crippen LogP contribution in [0.1, 0.15) is 29.9 Å². The Hall–Kier alpha value is -3.15. The topological polar surface area (TPSA) is 66.9 Å². The minimum atomic E-state index is -0.601. The summed E-state index contributed by atoms with van der Waals surface area (Å²) in [7, 11) is 0. The van der Waals surface area contributed by atoms with Crippen LogP contribution in [0.3, 0.4) is 0 Å². The first-order chi connectivity index (χ1) is 13.6. The Labute approximate surface area is 163 Å². The van der Waals surface area contributed by atoms with E-state index < -0.39 is 6.09 Å². The maximum absolute atomic E-state index is 13.0. The number of benzene rings is 2. The molecule has 0 aromatic heterocycles. The van der Waals surface area contributed by atoms with Crippen molar-refractivity contribution < 1.29 is 19.1 Å². The van der Waals surface area contributed by atoms with Crippen molar-refractivity contribution in [1.29, 1.82) is 0 Å². The second-order valence-corrected chi connectivity index (χ2v) is 7.18. The predicted molar refractivity (Wildman–Crippen MR) is 103 cm³/mol. The highest BCUT2D eigenvalue weighted by Gasteiger charge is 2.41. The number of hydrogen-bond donors (Lipinski definition) is 0. The summed E-state index contributed by atoms with van der Waals surface area (Å²) in [5.74, 6) is -0.330. The Balaban J connectivity index is 1.48. The third-order valence-corrected chi connectivity index (χ3v) is 5.45. The maximum atomic E-state index is 13.0. The number of likely N-dealkylation sites (tertiary alicyclic amines) is 1. The van der Waals surface area contributed by atoms with Gasteiger partial charge in [0, 0.05) is 25.4 Å². The minimum Gasteiger partial charge on any atom is -0.439 e. The van der Waals surface area contributed by atoms with Crippen LogP contribution in [0.25, 0.3) is 0 Å². The number of ether oxygens (including phenoxy) is 1. The molecule has 4 rings (SSSR count). The van der Waals surface area contributed by atoms with Gasteiger partial charge in [0.25, 0.3) is 5.91 Å². The Morgan fingerprint density at radius 2 is 1.61 bits per heavy atom. The molecule has 0 saturated carbocycles. The summed E-state index contributed by atoms with van der Waals surface area (Å²) >= 11 is 0. The van der Waals surface area contributed by atoms with Gasteiger partial charge in [0.2, 0.25) is 5.91 Å². The molecule has 2 aromatic rings. The van der Waals surface area contributed by atoms with Crippen LogP contribution < -0.4 is 0 Å². The van der Waals surface area contributed by atoms with Gasteiger partial charge in [-0.05, 0) is 17.5 Å². The molecule has 2 fully saturated rings. The monoisotopic (exact) mass is 378 g/mol. The normalized spacial score (nSPS) is 19.4. The molecule has 144 valence electrons. The molecule has 2 aliphatic heterocycles. The fraction of sp³-hybridized carbons (Fsp3) is 0.318. The number of hydrogen-bond acceptors (Lipinski definition) is 4. The number of carbonyl (C=O) groups excluding carboxylic acids is 3. The Kier molecular flexibility index (Phi) is 5.10. The van der Waals surface area contributed by atoms with Crippen molar-refractivity contribution in [2.75, 3.05) is 19.7 Å². The quantitative estimate of drug-likeness (QED) is 0.802. The zero-order chi connectivity index (χ0) is 19.5. The summed E-state index contributed by atoms with van der Waals surface area (Å²) in [5, 5.41) is 0. The second kappa shape index (κ2) is 7.84. The predicted octanol–water partition coefficient (Wildman–Crippen LogP) is 2.79. The van der Waals surface area contributed by atoms with E-state index in [1.54, 1.807) is 4.90 Å². The van der Waals surface area contributed by atoms with E-state index >= 15 is 0 Å². The van der Waals surface area contributed by atoms with Gasteiger partial charge in [-0.3, -0.25) is 9.59 Å². The molecular weight excluding hydrogens is 356 g/mol. The van der Waals surface area contributed by atoms with Crippen LogP contribution in [0.2, 0.25) is 0 Å². The van der Waals surface area contributed by atoms with E-state index in [0.717, 1.165) is 11.1 Å². The summed E-state index contributed by atoms with van der Waals surface area (Å²) in [6.45, 7) is 0.709. The number of carbonyl (C=O) groups is 3. The van der Waals surface area contributed by atoms with Gasteiger partial charge in [0.05, 0.1) is 6.04 Å². The molecule has 3 amide bonds. The van der Waals surface area contributed by atoms with Crippen LogP contribution in [0.4, 0.5) is 4.79 Å². The summed E-state index contributed by atoms with van der Waals surface area (Å²) in [6.07, 6.45) is 0.336. The van der Waals surface area contributed by atoms with Crippen molar-refractivity contribution in [1.82, 2.24) is 9.80 Å². The number of amides is 3. The van der Waals surface area contributed by atoms with Crippen molar-refractivity contribution in [2.24, 2.45) is 0 Å². The molecule has 2 saturated heterocycles. The molecule has 0 unspecified atom stereocenters. The summed E-state index contributed by atoms with van der Waals surface area (Å²) in [4.78, 5) is 39.6. The highest BCUT2D eigenvalue weighted by atomic mass is 16.6. The lowest BCUT2D eigenvalue weighted by atomic mass is 9.88. The zero-order valence-electron chi connectivity index (χ0n) is 15.5. The van der Waals surface area contributed by atoms with E-state index in [9.17, 15) is 14.4 Å². The van der Waals surface area contributed by atoms with Crippen molar-refractivity contribution in [2.45, 2.75) is 24.8 Å². The van der Waals surface area contributed by atoms with E-state index in [1.807, 2.05) is 60.7 Å². The third kappa shape index (κ3) is 3.63. The molecule has 6 nitrogen and oxygen atoms in total. The SMILES string of the molecule is O=C(CC(c1ccccc1)c1ccccc1)N1CC[C@@H](N2C(=O)COC2=O)C1. The molecular formula is C22H22N2O4. The van der Waals surface area contributed by atoms with E-state index in [0.29, 0.717) is 25.9 Å². The van der Waals surface area contributed by atoms with Crippen LogP contribution in [-0.4, -0.2) is 53.4 Å². The van der Waals surface area contributed by atoms with Crippen LogP contribution in [0, 0.1) is 0 Å². The first-order valence-electron chi connectivity index (χ1n) is 9.50. The molecule has 0 bridgehead atoms. The molecule has 2 heterocycles. The van der Waals surface area contributed by atoms with Gasteiger partial charge >= 0.3 is 6.09 Å². The minimum absolute atomic E-state index is 0.0280. The zero-order valence-corrected chi connectivity index (χ0v) is 15.5. The van der Waals surface area contributed by atoms with Gasteiger partial charge in [0.15, 0.2) is 6.61 Å². The highest BCUT2D eigenvalue weighted by molar-refractivity contribution is 5.98. The van der Waals surface area contributed by atoms with Gasteiger partial charge in [-0.1, -0.05) is 60.7 Å². The Morgan fingerprint density at radius 1 is 1.00 bits per heavy atom. The van der Waals surface area contributed by atoms with E-state index in [2.05, 4.69) is 0 Å². The van der Waals surface area contributed by atoms with Gasteiger partial charge in [-0.25, -0.2) is 9.69 Å². The average molecular weight is 378 g/mol. The van der Waals surface area contributed by atoms with E-state index in [4.69, 9.17) is 4.74 Å². The number of imide groups is 1. The second-order valence-electron chi connectivity index (χ2n) is 7.18. The molecule has 2 aliphatic rings. The van der Waals surface area contributed by atoms with E-state index in [-0.39, 0.29) is 30.4 Å². The van der Waals surface area contributed by atoms with Crippen LogP contribution >= 0.6 is 0 Å². The molecule has 28 heavy (non-hydrogen) atoms. The molecule has 2 aromatic carbocycles. The highest BCUT2D eigenvalue weighted by Crippen LogP contribution is 2.30. The lowest BCUT2D eigenvalue weighted by Gasteiger charge is -2.23. The lowest BCUT2D eigenvalue weighted by Crippen LogP contribution is -2.42. The largest absolute Gasteiger partial charge is 0.439 e. The van der Waals surface area contributed by atoms with Crippen molar-refractivity contribution in [3.05, 3.63) is 71.8 Å². The van der Waals surface area contributed by atoms with Gasteiger partial charge in [-0.2, -0.15) is 0 Å². The van der Waals surface area contributed by atoms with Crippen LogP contribution in [-0.2, 0) is 14.3 Å². The summed E-state index contributed by atoms with van der Waals surface area (Å²) < 4.78 is 4.80. The first-order valence-corrected chi connectivity index (χ1v) is 9.50. The van der Waals surface area contributed by atoms with Crippen molar-refractivity contribution in [3.63, 3.8) is 0 Å². The van der Waals surface area contributed by atoms with Crippen LogP contribution in [0.5, 0.6) is 0 Å². The number of rotatable bonds is 5. The molecule has 0 spiro atoms. The fourth-order valence-corrected chi connectivity index (χ4v) is 4.00. The van der Waals surface area contributed by atoms with Gasteiger partial charge in [-0.15, -0.1) is 0 Å². The first kappa shape index (κ1) is 18.2. The smallest absolute Gasteiger partial charge is 0.417 e. The Morgan fingerprint density at radius 3 is 2.14 bits per heavy atom. The summed E-state index contributed by atoms with van der Waals surface area (Å²) in [6, 6.07) is 19.7. The Bertz CT molecular complexity index is 813. The molecule has 1 atom stereocenters. The van der Waals surface area contributed by atoms with E-state index in [1.165, 1.54) is 4.90 Å². The maximum Gasteiger partial charge on any atom is 0.417 e. The van der Waals surface area contributed by atoms with Crippen LogP contribution in [0.15, 0.2) is 60.7 Å². The van der Waals surface area contributed by atoms with Gasteiger partial charge in [0.1, 0.15) is 0 Å². The molecule has 6 heteroatoms. The molecule has 0 N–H and O–H groups in total. The third-order valence-electron chi connectivity index (χ3n) is 5.45. The lowest BCUT2D eigenvalue weighted by molar-refractivity contribution is -0.131. The van der Waals surface area contributed by atoms with Gasteiger partial charge < -0.3 is 9.64 Å². The number of cyclic esters (lactones) is 1. The fourth-order valence-electron chi connectivity index (χ4n) is 4.00. The average Bonchev–Trinajstić information content (AvgIpc) is 3.33. The molecule has 0 aliphatic carbocycles. The van der Waals surface area contributed by atoms with Crippen molar-refractivity contribution >= 4 is 17.9 Å². The number of nitrogens with zero attached hydrogens (tertiary/aromatic N) is 2. The summed E-state index contributed by atoms with van der Waals surface area (Å²) in [5.41, 5.74) is 2.19.